The van der Waals surface area contributed by atoms with Gasteiger partial charge in [-0.15, -0.1) is 10.2 Å². The molecule has 1 aliphatic rings. The number of halogens is 1. The van der Waals surface area contributed by atoms with Gasteiger partial charge in [0.1, 0.15) is 0 Å². The van der Waals surface area contributed by atoms with Crippen molar-refractivity contribution in [3.8, 4) is 0 Å². The van der Waals surface area contributed by atoms with Crippen molar-refractivity contribution in [1.82, 2.24) is 15.1 Å². The lowest BCUT2D eigenvalue weighted by Gasteiger charge is -2.36. The lowest BCUT2D eigenvalue weighted by molar-refractivity contribution is 0.0629. The van der Waals surface area contributed by atoms with Crippen LogP contribution in [0.4, 0.5) is 0 Å². The molecule has 1 aliphatic heterocycles. The Morgan fingerprint density at radius 1 is 1.38 bits per heavy atom. The quantitative estimate of drug-likeness (QED) is 0.778. The van der Waals surface area contributed by atoms with Gasteiger partial charge in [0.25, 0.3) is 5.91 Å². The fourth-order valence-electron chi connectivity index (χ4n) is 1.74. The highest BCUT2D eigenvalue weighted by Gasteiger charge is 2.29. The Hall–Kier alpha value is -0.680. The van der Waals surface area contributed by atoms with Gasteiger partial charge in [0.15, 0.2) is 0 Å². The summed E-state index contributed by atoms with van der Waals surface area (Å²) < 4.78 is 0.320. The molecule has 1 aromatic heterocycles. The molecule has 1 fully saturated rings. The molecule has 16 heavy (non-hydrogen) atoms. The molecule has 6 heteroatoms. The first kappa shape index (κ1) is 11.8. The molecule has 0 radical (unpaired) electrons. The molecule has 88 valence electrons. The number of aromatic nitrogens is 2. The molecule has 0 atom stereocenters. The maximum Gasteiger partial charge on any atom is 0.284 e. The largest absolute Gasteiger partial charge is 0.336 e. The third-order valence-corrected chi connectivity index (χ3v) is 3.99. The maximum absolute atomic E-state index is 12.0. The van der Waals surface area contributed by atoms with E-state index in [4.69, 9.17) is 11.6 Å². The molecule has 1 saturated heterocycles. The monoisotopic (exact) mass is 259 g/mol. The maximum atomic E-state index is 12.0. The molecule has 1 aromatic rings. The van der Waals surface area contributed by atoms with E-state index in [-0.39, 0.29) is 5.91 Å². The molecule has 2 heterocycles. The van der Waals surface area contributed by atoms with E-state index in [2.05, 4.69) is 24.0 Å². The number of nitrogens with zero attached hydrogens (tertiary/aromatic N) is 3. The number of piperidine rings is 1. The van der Waals surface area contributed by atoms with Crippen LogP contribution in [0.1, 0.15) is 36.5 Å². The molecule has 1 amide bonds. The molecule has 0 aliphatic carbocycles. The second-order valence-electron chi connectivity index (χ2n) is 4.82. The van der Waals surface area contributed by atoms with E-state index >= 15 is 0 Å². The van der Waals surface area contributed by atoms with E-state index in [1.165, 1.54) is 0 Å². The van der Waals surface area contributed by atoms with E-state index in [0.29, 0.717) is 14.9 Å². The van der Waals surface area contributed by atoms with Gasteiger partial charge in [0, 0.05) is 13.1 Å². The number of hydrogen-bond acceptors (Lipinski definition) is 4. The van der Waals surface area contributed by atoms with Gasteiger partial charge in [-0.05, 0) is 29.9 Å². The predicted molar refractivity (Wildman–Crippen MR) is 63.8 cm³/mol. The third kappa shape index (κ3) is 2.52. The van der Waals surface area contributed by atoms with Crippen LogP contribution in [0, 0.1) is 5.41 Å². The molecule has 0 unspecified atom stereocenters. The Morgan fingerprint density at radius 2 is 2.00 bits per heavy atom. The molecule has 0 N–H and O–H groups in total. The number of hydrogen-bond donors (Lipinski definition) is 0. The highest BCUT2D eigenvalue weighted by molar-refractivity contribution is 7.17. The molecule has 0 bridgehead atoms. The van der Waals surface area contributed by atoms with Crippen molar-refractivity contribution in [2.45, 2.75) is 26.7 Å². The fraction of sp³-hybridized carbons (Fsp3) is 0.700. The Balaban J connectivity index is 2.02. The van der Waals surface area contributed by atoms with Gasteiger partial charge >= 0.3 is 0 Å². The second kappa shape index (κ2) is 4.30. The summed E-state index contributed by atoms with van der Waals surface area (Å²) in [5, 5.41) is 7.81. The van der Waals surface area contributed by atoms with Crippen LogP contribution in [0.25, 0.3) is 0 Å². The van der Waals surface area contributed by atoms with E-state index in [1.54, 1.807) is 0 Å². The van der Waals surface area contributed by atoms with Crippen LogP contribution < -0.4 is 0 Å². The summed E-state index contributed by atoms with van der Waals surface area (Å²) in [4.78, 5) is 13.8. The Morgan fingerprint density at radius 3 is 2.50 bits per heavy atom. The van der Waals surface area contributed by atoms with Crippen molar-refractivity contribution in [3.05, 3.63) is 9.47 Å². The topological polar surface area (TPSA) is 46.1 Å². The number of rotatable bonds is 1. The lowest BCUT2D eigenvalue weighted by atomic mass is 9.83. The first-order chi connectivity index (χ1) is 7.48. The molecule has 0 saturated carbocycles. The van der Waals surface area contributed by atoms with Crippen molar-refractivity contribution >= 4 is 28.8 Å². The summed E-state index contributed by atoms with van der Waals surface area (Å²) >= 11 is 6.80. The van der Waals surface area contributed by atoms with Crippen molar-refractivity contribution in [2.75, 3.05) is 13.1 Å². The van der Waals surface area contributed by atoms with Crippen LogP contribution in [0.2, 0.25) is 4.47 Å². The van der Waals surface area contributed by atoms with Crippen LogP contribution >= 0.6 is 22.9 Å². The fourth-order valence-corrected chi connectivity index (χ4v) is 2.54. The van der Waals surface area contributed by atoms with Gasteiger partial charge in [-0.25, -0.2) is 0 Å². The minimum Gasteiger partial charge on any atom is -0.336 e. The summed E-state index contributed by atoms with van der Waals surface area (Å²) in [7, 11) is 0. The Bertz CT molecular complexity index is 395. The van der Waals surface area contributed by atoms with Crippen molar-refractivity contribution in [1.29, 1.82) is 0 Å². The first-order valence-corrected chi connectivity index (χ1v) is 6.46. The minimum absolute atomic E-state index is 0.0418. The standard InChI is InChI=1S/C10H14ClN3OS/c1-10(2)3-5-14(6-4-10)8(15)7-12-13-9(11)16-7/h3-6H2,1-2H3. The minimum atomic E-state index is -0.0418. The number of carbonyl (C=O) groups is 1. The van der Waals surface area contributed by atoms with Crippen molar-refractivity contribution in [2.24, 2.45) is 5.41 Å². The summed E-state index contributed by atoms with van der Waals surface area (Å²) in [6, 6.07) is 0. The van der Waals surface area contributed by atoms with Crippen LogP contribution in [0.3, 0.4) is 0 Å². The molecule has 0 spiro atoms. The van der Waals surface area contributed by atoms with Gasteiger partial charge in [-0.2, -0.15) is 0 Å². The van der Waals surface area contributed by atoms with E-state index < -0.39 is 0 Å². The van der Waals surface area contributed by atoms with Gasteiger partial charge in [-0.3, -0.25) is 4.79 Å². The van der Waals surface area contributed by atoms with Crippen LogP contribution in [0.15, 0.2) is 0 Å². The predicted octanol–water partition coefficient (Wildman–Crippen LogP) is 2.45. The number of carbonyl (C=O) groups excluding carboxylic acids is 1. The summed E-state index contributed by atoms with van der Waals surface area (Å²) in [5.74, 6) is -0.0418. The summed E-state index contributed by atoms with van der Waals surface area (Å²) in [6.45, 7) is 6.05. The van der Waals surface area contributed by atoms with Crippen LogP contribution in [-0.2, 0) is 0 Å². The molecular weight excluding hydrogens is 246 g/mol. The molecule has 0 aromatic carbocycles. The molecular formula is C10H14ClN3OS. The van der Waals surface area contributed by atoms with Crippen molar-refractivity contribution in [3.63, 3.8) is 0 Å². The number of amides is 1. The average Bonchev–Trinajstić information content (AvgIpc) is 2.64. The van der Waals surface area contributed by atoms with Crippen LogP contribution in [0.5, 0.6) is 0 Å². The highest BCUT2D eigenvalue weighted by atomic mass is 35.5. The SMILES string of the molecule is CC1(C)CCN(C(=O)c2nnc(Cl)s2)CC1. The Labute approximate surface area is 104 Å². The normalized spacial score (nSPS) is 19.8. The van der Waals surface area contributed by atoms with E-state index in [9.17, 15) is 4.79 Å². The third-order valence-electron chi connectivity index (χ3n) is 2.99. The lowest BCUT2D eigenvalue weighted by Crippen LogP contribution is -2.41. The number of likely N-dealkylation sites (tertiary alicyclic amines) is 1. The van der Waals surface area contributed by atoms with E-state index in [0.717, 1.165) is 37.3 Å². The van der Waals surface area contributed by atoms with E-state index in [1.807, 2.05) is 4.90 Å². The zero-order valence-electron chi connectivity index (χ0n) is 9.36. The zero-order chi connectivity index (χ0) is 11.8. The second-order valence-corrected chi connectivity index (χ2v) is 6.38. The van der Waals surface area contributed by atoms with Gasteiger partial charge < -0.3 is 4.90 Å². The molecule has 2 rings (SSSR count). The first-order valence-electron chi connectivity index (χ1n) is 5.26. The molecule has 4 nitrogen and oxygen atoms in total. The van der Waals surface area contributed by atoms with Crippen molar-refractivity contribution < 1.29 is 4.79 Å². The Kier molecular flexibility index (Phi) is 3.17. The summed E-state index contributed by atoms with van der Waals surface area (Å²) in [5.41, 5.74) is 0.343. The van der Waals surface area contributed by atoms with Gasteiger partial charge in [0.05, 0.1) is 0 Å². The van der Waals surface area contributed by atoms with Crippen LogP contribution in [-0.4, -0.2) is 34.1 Å². The summed E-state index contributed by atoms with van der Waals surface area (Å²) in [6.07, 6.45) is 2.07. The van der Waals surface area contributed by atoms with Gasteiger partial charge in [0.2, 0.25) is 9.47 Å². The zero-order valence-corrected chi connectivity index (χ0v) is 10.9. The highest BCUT2D eigenvalue weighted by Crippen LogP contribution is 2.30. The average molecular weight is 260 g/mol. The smallest absolute Gasteiger partial charge is 0.284 e. The van der Waals surface area contributed by atoms with Gasteiger partial charge in [-0.1, -0.05) is 25.2 Å².